The molecule has 2 aromatic carbocycles. The number of rotatable bonds is 5. The number of halogens is 1. The van der Waals surface area contributed by atoms with Crippen LogP contribution in [0.2, 0.25) is 5.02 Å². The molecule has 0 fully saturated rings. The Kier molecular flexibility index (Phi) is 4.90. The minimum Gasteiger partial charge on any atom is -0.350 e. The topological polar surface area (TPSA) is 46.4 Å². The largest absolute Gasteiger partial charge is 0.350 e. The molecule has 4 aromatic rings. The SMILES string of the molecule is O=C(NCc1cn2cc(Cl)ccc2n1)C(c1ccccc1)c1ccccc1. The van der Waals surface area contributed by atoms with Gasteiger partial charge in [-0.15, -0.1) is 0 Å². The van der Waals surface area contributed by atoms with E-state index in [1.54, 1.807) is 12.3 Å². The molecule has 5 heteroatoms. The lowest BCUT2D eigenvalue weighted by molar-refractivity contribution is -0.121. The van der Waals surface area contributed by atoms with E-state index < -0.39 is 0 Å². The van der Waals surface area contributed by atoms with Crippen molar-refractivity contribution in [3.05, 3.63) is 107 Å². The van der Waals surface area contributed by atoms with Crippen molar-refractivity contribution in [1.82, 2.24) is 14.7 Å². The number of carbonyl (C=O) groups excluding carboxylic acids is 1. The molecule has 2 aromatic heterocycles. The van der Waals surface area contributed by atoms with E-state index in [0.717, 1.165) is 22.5 Å². The Morgan fingerprint density at radius 2 is 1.56 bits per heavy atom. The number of nitrogens with zero attached hydrogens (tertiary/aromatic N) is 2. The lowest BCUT2D eigenvalue weighted by Gasteiger charge is -2.17. The summed E-state index contributed by atoms with van der Waals surface area (Å²) < 4.78 is 1.86. The summed E-state index contributed by atoms with van der Waals surface area (Å²) in [7, 11) is 0. The van der Waals surface area contributed by atoms with Gasteiger partial charge in [0, 0.05) is 12.4 Å². The second kappa shape index (κ2) is 7.64. The average molecular weight is 376 g/mol. The first-order valence-corrected chi connectivity index (χ1v) is 9.09. The Hall–Kier alpha value is -3.11. The zero-order chi connectivity index (χ0) is 18.6. The maximum Gasteiger partial charge on any atom is 0.232 e. The normalized spacial score (nSPS) is 11.0. The van der Waals surface area contributed by atoms with Crippen LogP contribution in [-0.2, 0) is 11.3 Å². The third-order valence-electron chi connectivity index (χ3n) is 4.44. The monoisotopic (exact) mass is 375 g/mol. The Morgan fingerprint density at radius 1 is 0.926 bits per heavy atom. The lowest BCUT2D eigenvalue weighted by atomic mass is 9.90. The first-order valence-electron chi connectivity index (χ1n) is 8.71. The summed E-state index contributed by atoms with van der Waals surface area (Å²) in [6.45, 7) is 0.355. The van der Waals surface area contributed by atoms with Gasteiger partial charge < -0.3 is 9.72 Å². The summed E-state index contributed by atoms with van der Waals surface area (Å²) in [4.78, 5) is 17.5. The van der Waals surface area contributed by atoms with Crippen LogP contribution < -0.4 is 5.32 Å². The van der Waals surface area contributed by atoms with Gasteiger partial charge in [-0.2, -0.15) is 0 Å². The fourth-order valence-corrected chi connectivity index (χ4v) is 3.34. The Bertz CT molecular complexity index is 1020. The summed E-state index contributed by atoms with van der Waals surface area (Å²) in [6.07, 6.45) is 3.67. The zero-order valence-electron chi connectivity index (χ0n) is 14.5. The Morgan fingerprint density at radius 3 is 2.19 bits per heavy atom. The van der Waals surface area contributed by atoms with E-state index in [9.17, 15) is 4.79 Å². The molecule has 0 bridgehead atoms. The van der Waals surface area contributed by atoms with Gasteiger partial charge in [0.1, 0.15) is 5.65 Å². The molecule has 0 aliphatic heterocycles. The summed E-state index contributed by atoms with van der Waals surface area (Å²) >= 11 is 6.01. The van der Waals surface area contributed by atoms with Gasteiger partial charge in [0.25, 0.3) is 0 Å². The zero-order valence-corrected chi connectivity index (χ0v) is 15.3. The molecule has 1 N–H and O–H groups in total. The Labute approximate surface area is 162 Å². The molecule has 0 saturated heterocycles. The molecule has 2 heterocycles. The van der Waals surface area contributed by atoms with Crippen LogP contribution in [0.4, 0.5) is 0 Å². The van der Waals surface area contributed by atoms with Gasteiger partial charge in [0.15, 0.2) is 0 Å². The first-order chi connectivity index (χ1) is 13.2. The summed E-state index contributed by atoms with van der Waals surface area (Å²) in [6, 6.07) is 23.3. The van der Waals surface area contributed by atoms with Crippen molar-refractivity contribution in [2.24, 2.45) is 0 Å². The van der Waals surface area contributed by atoms with Crippen molar-refractivity contribution < 1.29 is 4.79 Å². The third kappa shape index (κ3) is 3.86. The van der Waals surface area contributed by atoms with E-state index in [1.807, 2.05) is 77.3 Å². The smallest absolute Gasteiger partial charge is 0.232 e. The predicted molar refractivity (Wildman–Crippen MR) is 107 cm³/mol. The highest BCUT2D eigenvalue weighted by molar-refractivity contribution is 6.30. The van der Waals surface area contributed by atoms with Crippen molar-refractivity contribution in [2.45, 2.75) is 12.5 Å². The van der Waals surface area contributed by atoms with Crippen molar-refractivity contribution >= 4 is 23.2 Å². The fourth-order valence-electron chi connectivity index (χ4n) is 3.17. The van der Waals surface area contributed by atoms with Crippen LogP contribution in [0.3, 0.4) is 0 Å². The maximum atomic E-state index is 13.0. The van der Waals surface area contributed by atoms with E-state index >= 15 is 0 Å². The highest BCUT2D eigenvalue weighted by Gasteiger charge is 2.22. The van der Waals surface area contributed by atoms with E-state index in [0.29, 0.717) is 11.6 Å². The standard InChI is InChI=1S/C22H18ClN3O/c23-18-11-12-20-25-19(15-26(20)14-18)13-24-22(27)21(16-7-3-1-4-8-16)17-9-5-2-6-10-17/h1-12,14-15,21H,13H2,(H,24,27). The van der Waals surface area contributed by atoms with Crippen LogP contribution in [0.15, 0.2) is 85.2 Å². The number of benzene rings is 2. The van der Waals surface area contributed by atoms with Crippen LogP contribution >= 0.6 is 11.6 Å². The molecule has 0 unspecified atom stereocenters. The van der Waals surface area contributed by atoms with Gasteiger partial charge in [-0.1, -0.05) is 72.3 Å². The van der Waals surface area contributed by atoms with Crippen molar-refractivity contribution in [2.75, 3.05) is 0 Å². The molecule has 0 aliphatic rings. The number of carbonyl (C=O) groups is 1. The van der Waals surface area contributed by atoms with Crippen LogP contribution in [0.25, 0.3) is 5.65 Å². The van der Waals surface area contributed by atoms with Gasteiger partial charge in [-0.25, -0.2) is 4.98 Å². The third-order valence-corrected chi connectivity index (χ3v) is 4.66. The molecule has 27 heavy (non-hydrogen) atoms. The molecule has 0 aliphatic carbocycles. The predicted octanol–water partition coefficient (Wildman–Crippen LogP) is 4.44. The highest BCUT2D eigenvalue weighted by Crippen LogP contribution is 2.24. The number of hydrogen-bond donors (Lipinski definition) is 1. The molecule has 0 spiro atoms. The maximum absolute atomic E-state index is 13.0. The number of imidazole rings is 1. The summed E-state index contributed by atoms with van der Waals surface area (Å²) in [5, 5.41) is 3.67. The number of pyridine rings is 1. The van der Waals surface area contributed by atoms with Gasteiger partial charge in [0.05, 0.1) is 23.2 Å². The van der Waals surface area contributed by atoms with Crippen LogP contribution in [0.1, 0.15) is 22.7 Å². The first kappa shape index (κ1) is 17.3. The lowest BCUT2D eigenvalue weighted by Crippen LogP contribution is -2.29. The van der Waals surface area contributed by atoms with Gasteiger partial charge in [-0.05, 0) is 23.3 Å². The minimum atomic E-state index is -0.362. The molecule has 1 amide bonds. The van der Waals surface area contributed by atoms with E-state index in [-0.39, 0.29) is 11.8 Å². The second-order valence-electron chi connectivity index (χ2n) is 6.32. The quantitative estimate of drug-likeness (QED) is 0.560. The van der Waals surface area contributed by atoms with Crippen molar-refractivity contribution in [3.63, 3.8) is 0 Å². The number of aromatic nitrogens is 2. The van der Waals surface area contributed by atoms with Crippen molar-refractivity contribution in [1.29, 1.82) is 0 Å². The number of fused-ring (bicyclic) bond motifs is 1. The molecule has 4 nitrogen and oxygen atoms in total. The molecule has 0 radical (unpaired) electrons. The molecule has 4 rings (SSSR count). The average Bonchev–Trinajstić information content (AvgIpc) is 3.10. The Balaban J connectivity index is 1.56. The number of amides is 1. The van der Waals surface area contributed by atoms with Gasteiger partial charge in [0.2, 0.25) is 5.91 Å². The van der Waals surface area contributed by atoms with Crippen LogP contribution in [0.5, 0.6) is 0 Å². The molecule has 0 atom stereocenters. The van der Waals surface area contributed by atoms with E-state index in [2.05, 4.69) is 10.3 Å². The molecular weight excluding hydrogens is 358 g/mol. The fraction of sp³-hybridized carbons (Fsp3) is 0.0909. The van der Waals surface area contributed by atoms with E-state index in [4.69, 9.17) is 11.6 Å². The minimum absolute atomic E-state index is 0.0533. The van der Waals surface area contributed by atoms with Crippen LogP contribution in [-0.4, -0.2) is 15.3 Å². The van der Waals surface area contributed by atoms with Crippen molar-refractivity contribution in [3.8, 4) is 0 Å². The molecule has 0 saturated carbocycles. The van der Waals surface area contributed by atoms with Gasteiger partial charge in [-0.3, -0.25) is 4.79 Å². The van der Waals surface area contributed by atoms with Gasteiger partial charge >= 0.3 is 0 Å². The number of nitrogens with one attached hydrogen (secondary N) is 1. The molecule has 134 valence electrons. The highest BCUT2D eigenvalue weighted by atomic mass is 35.5. The molecular formula is C22H18ClN3O. The number of hydrogen-bond acceptors (Lipinski definition) is 2. The second-order valence-corrected chi connectivity index (χ2v) is 6.75. The summed E-state index contributed by atoms with van der Waals surface area (Å²) in [5.41, 5.74) is 3.50. The van der Waals surface area contributed by atoms with Crippen LogP contribution in [0, 0.1) is 0 Å². The summed E-state index contributed by atoms with van der Waals surface area (Å²) in [5.74, 6) is -0.415. The van der Waals surface area contributed by atoms with E-state index in [1.165, 1.54) is 0 Å².